The Morgan fingerprint density at radius 3 is 2.57 bits per heavy atom. The van der Waals surface area contributed by atoms with Gasteiger partial charge in [0.1, 0.15) is 5.82 Å². The van der Waals surface area contributed by atoms with Crippen molar-refractivity contribution in [2.24, 2.45) is 0 Å². The summed E-state index contributed by atoms with van der Waals surface area (Å²) in [6, 6.07) is 21.2. The van der Waals surface area contributed by atoms with Crippen LogP contribution in [0, 0.1) is 5.82 Å². The molecule has 0 spiro atoms. The Morgan fingerprint density at radius 1 is 1.07 bits per heavy atom. The number of fused-ring (bicyclic) bond motifs is 1. The van der Waals surface area contributed by atoms with Crippen LogP contribution >= 0.6 is 11.8 Å². The summed E-state index contributed by atoms with van der Waals surface area (Å²) >= 11 is 1.27. The van der Waals surface area contributed by atoms with Crippen LogP contribution in [-0.4, -0.2) is 18.9 Å². The number of anilines is 1. The van der Waals surface area contributed by atoms with E-state index in [1.165, 1.54) is 22.7 Å². The first-order valence-corrected chi connectivity index (χ1v) is 10.2. The molecule has 4 nitrogen and oxygen atoms in total. The van der Waals surface area contributed by atoms with Gasteiger partial charge in [-0.2, -0.15) is 0 Å². The lowest BCUT2D eigenvalue weighted by Crippen LogP contribution is -2.31. The molecule has 0 aromatic heterocycles. The molecule has 1 heterocycles. The third kappa shape index (κ3) is 4.14. The van der Waals surface area contributed by atoms with E-state index in [0.29, 0.717) is 28.3 Å². The quantitative estimate of drug-likeness (QED) is 0.616. The topological polar surface area (TPSA) is 49.4 Å². The van der Waals surface area contributed by atoms with Crippen LogP contribution in [0.2, 0.25) is 0 Å². The van der Waals surface area contributed by atoms with Gasteiger partial charge in [0, 0.05) is 29.6 Å². The minimum Gasteiger partial charge on any atom is -0.348 e. The smallest absolute Gasteiger partial charge is 0.264 e. The summed E-state index contributed by atoms with van der Waals surface area (Å²) in [7, 11) is 1.65. The van der Waals surface area contributed by atoms with Crippen molar-refractivity contribution in [1.29, 1.82) is 0 Å². The zero-order valence-electron chi connectivity index (χ0n) is 16.3. The molecule has 0 unspecified atom stereocenters. The number of nitrogens with zero attached hydrogens (tertiary/aromatic N) is 1. The van der Waals surface area contributed by atoms with Gasteiger partial charge in [0.15, 0.2) is 0 Å². The van der Waals surface area contributed by atoms with Crippen LogP contribution in [-0.2, 0) is 11.3 Å². The number of benzene rings is 3. The molecular formula is C24H19FN2O2S. The largest absolute Gasteiger partial charge is 0.348 e. The fraction of sp³-hybridized carbons (Fsp3) is 0.0833. The van der Waals surface area contributed by atoms with Crippen molar-refractivity contribution in [3.63, 3.8) is 0 Å². The van der Waals surface area contributed by atoms with E-state index in [0.717, 1.165) is 10.5 Å². The summed E-state index contributed by atoms with van der Waals surface area (Å²) in [4.78, 5) is 28.1. The van der Waals surface area contributed by atoms with E-state index >= 15 is 0 Å². The Kier molecular flexibility index (Phi) is 5.68. The minimum absolute atomic E-state index is 0.208. The predicted octanol–water partition coefficient (Wildman–Crippen LogP) is 4.87. The van der Waals surface area contributed by atoms with Gasteiger partial charge in [-0.1, -0.05) is 60.3 Å². The average Bonchev–Trinajstić information content (AvgIpc) is 2.77. The summed E-state index contributed by atoms with van der Waals surface area (Å²) in [5, 5.41) is 2.89. The fourth-order valence-corrected chi connectivity index (χ4v) is 4.23. The number of hydrogen-bond donors (Lipinski definition) is 1. The van der Waals surface area contributed by atoms with Crippen molar-refractivity contribution in [1.82, 2.24) is 5.32 Å². The van der Waals surface area contributed by atoms with Crippen molar-refractivity contribution in [3.05, 3.63) is 100 Å². The van der Waals surface area contributed by atoms with E-state index in [2.05, 4.69) is 5.32 Å². The molecule has 0 radical (unpaired) electrons. The third-order valence-electron chi connectivity index (χ3n) is 4.81. The Balaban J connectivity index is 1.55. The average molecular weight is 418 g/mol. The molecule has 0 atom stereocenters. The Hall–Kier alpha value is -3.38. The maximum atomic E-state index is 14.0. The second kappa shape index (κ2) is 8.55. The van der Waals surface area contributed by atoms with Gasteiger partial charge in [-0.05, 0) is 35.9 Å². The van der Waals surface area contributed by atoms with Crippen molar-refractivity contribution in [2.45, 2.75) is 11.4 Å². The number of halogens is 1. The maximum absolute atomic E-state index is 14.0. The highest BCUT2D eigenvalue weighted by molar-refractivity contribution is 8.04. The number of amides is 2. The number of carbonyl (C=O) groups excluding carboxylic acids is 2. The highest BCUT2D eigenvalue weighted by Crippen LogP contribution is 2.42. The Morgan fingerprint density at radius 2 is 1.80 bits per heavy atom. The predicted molar refractivity (Wildman–Crippen MR) is 118 cm³/mol. The van der Waals surface area contributed by atoms with E-state index in [9.17, 15) is 14.0 Å². The van der Waals surface area contributed by atoms with E-state index in [-0.39, 0.29) is 17.6 Å². The molecule has 0 bridgehead atoms. The SMILES string of the molecule is CN1C(=O)/C(=C/c2ccccc2F)Sc2ccc(C(=O)NCc3ccccc3)cc21. The normalized spacial score (nSPS) is 14.5. The van der Waals surface area contributed by atoms with Gasteiger partial charge in [-0.15, -0.1) is 0 Å². The summed E-state index contributed by atoms with van der Waals surface area (Å²) in [5.41, 5.74) is 2.51. The molecule has 1 aliphatic rings. The molecule has 0 aliphatic carbocycles. The van der Waals surface area contributed by atoms with Crippen molar-refractivity contribution < 1.29 is 14.0 Å². The van der Waals surface area contributed by atoms with Crippen LogP contribution in [0.3, 0.4) is 0 Å². The van der Waals surface area contributed by atoms with Crippen LogP contribution in [0.1, 0.15) is 21.5 Å². The molecule has 1 N–H and O–H groups in total. The van der Waals surface area contributed by atoms with Gasteiger partial charge in [0.25, 0.3) is 11.8 Å². The number of carbonyl (C=O) groups is 2. The van der Waals surface area contributed by atoms with Crippen LogP contribution < -0.4 is 10.2 Å². The second-order valence-corrected chi connectivity index (χ2v) is 7.93. The van der Waals surface area contributed by atoms with Gasteiger partial charge in [0.2, 0.25) is 0 Å². The van der Waals surface area contributed by atoms with Gasteiger partial charge in [-0.3, -0.25) is 9.59 Å². The van der Waals surface area contributed by atoms with E-state index < -0.39 is 0 Å². The summed E-state index contributed by atoms with van der Waals surface area (Å²) in [6.45, 7) is 0.426. The molecule has 0 fully saturated rings. The van der Waals surface area contributed by atoms with Crippen molar-refractivity contribution >= 4 is 35.3 Å². The molecule has 4 rings (SSSR count). The first kappa shape index (κ1) is 19.9. The van der Waals surface area contributed by atoms with E-state index in [1.54, 1.807) is 43.5 Å². The molecular weight excluding hydrogens is 399 g/mol. The molecule has 6 heteroatoms. The number of hydrogen-bond acceptors (Lipinski definition) is 3. The Labute approximate surface area is 178 Å². The second-order valence-electron chi connectivity index (χ2n) is 6.85. The highest BCUT2D eigenvalue weighted by Gasteiger charge is 2.27. The molecule has 150 valence electrons. The van der Waals surface area contributed by atoms with Crippen LogP contribution in [0.15, 0.2) is 82.6 Å². The maximum Gasteiger partial charge on any atom is 0.264 e. The monoisotopic (exact) mass is 418 g/mol. The summed E-state index contributed by atoms with van der Waals surface area (Å²) < 4.78 is 14.0. The van der Waals surface area contributed by atoms with Gasteiger partial charge in [-0.25, -0.2) is 4.39 Å². The lowest BCUT2D eigenvalue weighted by molar-refractivity contribution is -0.114. The molecule has 3 aromatic carbocycles. The van der Waals surface area contributed by atoms with Crippen LogP contribution in [0.5, 0.6) is 0 Å². The highest BCUT2D eigenvalue weighted by atomic mass is 32.2. The Bertz CT molecular complexity index is 1140. The number of rotatable bonds is 4. The molecule has 1 aliphatic heterocycles. The lowest BCUT2D eigenvalue weighted by Gasteiger charge is -2.27. The van der Waals surface area contributed by atoms with Crippen LogP contribution in [0.4, 0.5) is 10.1 Å². The summed E-state index contributed by atoms with van der Waals surface area (Å²) in [6.07, 6.45) is 1.56. The first-order valence-electron chi connectivity index (χ1n) is 9.41. The number of nitrogens with one attached hydrogen (secondary N) is 1. The molecule has 2 amide bonds. The number of thioether (sulfide) groups is 1. The standard InChI is InChI=1S/C24H19FN2O2S/c1-27-20-13-18(23(28)26-15-16-7-3-2-4-8-16)11-12-21(20)30-22(24(27)29)14-17-9-5-6-10-19(17)25/h2-14H,15H2,1H3,(H,26,28)/b22-14-. The fourth-order valence-electron chi connectivity index (χ4n) is 3.15. The lowest BCUT2D eigenvalue weighted by atomic mass is 10.1. The zero-order chi connectivity index (χ0) is 21.1. The minimum atomic E-state index is -0.378. The van der Waals surface area contributed by atoms with Crippen LogP contribution in [0.25, 0.3) is 6.08 Å². The van der Waals surface area contributed by atoms with Crippen molar-refractivity contribution in [3.8, 4) is 0 Å². The van der Waals surface area contributed by atoms with Crippen molar-refractivity contribution in [2.75, 3.05) is 11.9 Å². The van der Waals surface area contributed by atoms with Gasteiger partial charge in [0.05, 0.1) is 10.6 Å². The number of likely N-dealkylation sites (N-methyl/N-ethyl adjacent to an activating group) is 1. The summed E-state index contributed by atoms with van der Waals surface area (Å²) in [5.74, 6) is -0.824. The van der Waals surface area contributed by atoms with Gasteiger partial charge >= 0.3 is 0 Å². The third-order valence-corrected chi connectivity index (χ3v) is 5.88. The van der Waals surface area contributed by atoms with E-state index in [4.69, 9.17) is 0 Å². The molecule has 0 saturated heterocycles. The molecule has 0 saturated carbocycles. The van der Waals surface area contributed by atoms with Gasteiger partial charge < -0.3 is 10.2 Å². The molecule has 3 aromatic rings. The zero-order valence-corrected chi connectivity index (χ0v) is 17.1. The first-order chi connectivity index (χ1) is 14.5. The van der Waals surface area contributed by atoms with E-state index in [1.807, 2.05) is 36.4 Å². The molecule has 30 heavy (non-hydrogen) atoms.